The molecule has 0 saturated carbocycles. The smallest absolute Gasteiger partial charge is 0.334 e. The molecule has 102 valence electrons. The van der Waals surface area contributed by atoms with Crippen LogP contribution in [0.1, 0.15) is 40.5 Å². The minimum Gasteiger partial charge on any atom is -0.463 e. The van der Waals surface area contributed by atoms with Crippen molar-refractivity contribution in [3.8, 4) is 0 Å². The highest BCUT2D eigenvalue weighted by atomic mass is 16.5. The molecule has 0 bridgehead atoms. The third kappa shape index (κ3) is 3.12. The summed E-state index contributed by atoms with van der Waals surface area (Å²) in [7, 11) is 0. The first-order valence-electron chi connectivity index (χ1n) is 6.61. The van der Waals surface area contributed by atoms with Crippen molar-refractivity contribution in [3.63, 3.8) is 0 Å². The van der Waals surface area contributed by atoms with E-state index < -0.39 is 0 Å². The van der Waals surface area contributed by atoms with E-state index in [-0.39, 0.29) is 23.8 Å². The second-order valence-corrected chi connectivity index (χ2v) is 4.65. The molecular weight excluding hydrogens is 232 g/mol. The van der Waals surface area contributed by atoms with Gasteiger partial charge in [-0.25, -0.2) is 9.59 Å². The minimum absolute atomic E-state index is 0.0552. The lowest BCUT2D eigenvalue weighted by Gasteiger charge is -2.28. The van der Waals surface area contributed by atoms with Crippen molar-refractivity contribution in [2.24, 2.45) is 11.8 Å². The zero-order chi connectivity index (χ0) is 13.7. The fourth-order valence-electron chi connectivity index (χ4n) is 2.36. The number of hydrogen-bond donors (Lipinski definition) is 0. The van der Waals surface area contributed by atoms with Gasteiger partial charge in [0.25, 0.3) is 0 Å². The number of carbonyl (C=O) groups is 2. The maximum Gasteiger partial charge on any atom is 0.334 e. The van der Waals surface area contributed by atoms with E-state index in [9.17, 15) is 9.59 Å². The highest BCUT2D eigenvalue weighted by molar-refractivity contribution is 6.01. The van der Waals surface area contributed by atoms with Gasteiger partial charge in [-0.3, -0.25) is 0 Å². The molecule has 4 nitrogen and oxygen atoms in total. The summed E-state index contributed by atoms with van der Waals surface area (Å²) in [5.41, 5.74) is 1.02. The lowest BCUT2D eigenvalue weighted by atomic mass is 9.78. The molecule has 18 heavy (non-hydrogen) atoms. The molecule has 1 aliphatic rings. The summed E-state index contributed by atoms with van der Waals surface area (Å²) in [5.74, 6) is -0.640. The van der Waals surface area contributed by atoms with Crippen molar-refractivity contribution in [1.29, 1.82) is 0 Å². The molecule has 0 aliphatic heterocycles. The Morgan fingerprint density at radius 3 is 1.56 bits per heavy atom. The standard InChI is InChI=1S/C14H22O4/c1-5-17-13(15)11-9(3)7-8-10(4)12(11)14(16)18-6-2/h9-10H,5-8H2,1-4H3. The maximum atomic E-state index is 12.0. The van der Waals surface area contributed by atoms with Crippen molar-refractivity contribution >= 4 is 11.9 Å². The Bertz CT molecular complexity index is 323. The fraction of sp³-hybridized carbons (Fsp3) is 0.714. The van der Waals surface area contributed by atoms with E-state index >= 15 is 0 Å². The molecule has 4 heteroatoms. The topological polar surface area (TPSA) is 52.6 Å². The van der Waals surface area contributed by atoms with Crippen molar-refractivity contribution < 1.29 is 19.1 Å². The molecule has 0 N–H and O–H groups in total. The molecule has 2 unspecified atom stereocenters. The number of carbonyl (C=O) groups excluding carboxylic acids is 2. The van der Waals surface area contributed by atoms with Crippen LogP contribution in [0.5, 0.6) is 0 Å². The first-order chi connectivity index (χ1) is 8.52. The van der Waals surface area contributed by atoms with Gasteiger partial charge in [-0.05, 0) is 38.5 Å². The molecule has 1 aliphatic carbocycles. The van der Waals surface area contributed by atoms with Gasteiger partial charge < -0.3 is 9.47 Å². The molecule has 0 aromatic heterocycles. The average molecular weight is 254 g/mol. The SMILES string of the molecule is CCOC(=O)C1=C(C(=O)OCC)C(C)CCC1C. The van der Waals surface area contributed by atoms with Gasteiger partial charge in [-0.1, -0.05) is 13.8 Å². The van der Waals surface area contributed by atoms with Crippen LogP contribution in [-0.2, 0) is 19.1 Å². The fourth-order valence-corrected chi connectivity index (χ4v) is 2.36. The largest absolute Gasteiger partial charge is 0.463 e. The predicted octanol–water partition coefficient (Wildman–Crippen LogP) is 2.48. The predicted molar refractivity (Wildman–Crippen MR) is 67.9 cm³/mol. The normalized spacial score (nSPS) is 23.8. The van der Waals surface area contributed by atoms with E-state index in [1.807, 2.05) is 13.8 Å². The number of esters is 2. The molecule has 2 atom stereocenters. The van der Waals surface area contributed by atoms with Gasteiger partial charge in [-0.15, -0.1) is 0 Å². The van der Waals surface area contributed by atoms with Crippen LogP contribution in [0.4, 0.5) is 0 Å². The van der Waals surface area contributed by atoms with Crippen molar-refractivity contribution in [1.82, 2.24) is 0 Å². The van der Waals surface area contributed by atoms with E-state index in [4.69, 9.17) is 9.47 Å². The molecular formula is C14H22O4. The van der Waals surface area contributed by atoms with E-state index in [1.165, 1.54) is 0 Å². The Balaban J connectivity index is 3.14. The number of hydrogen-bond acceptors (Lipinski definition) is 4. The molecule has 0 heterocycles. The molecule has 0 spiro atoms. The summed E-state index contributed by atoms with van der Waals surface area (Å²) in [6.07, 6.45) is 1.80. The van der Waals surface area contributed by atoms with Crippen LogP contribution in [0.25, 0.3) is 0 Å². The lowest BCUT2D eigenvalue weighted by Crippen LogP contribution is -2.28. The summed E-state index contributed by atoms with van der Waals surface area (Å²) in [6.45, 7) is 8.08. The van der Waals surface area contributed by atoms with Crippen LogP contribution in [0.15, 0.2) is 11.1 Å². The van der Waals surface area contributed by atoms with E-state index in [0.717, 1.165) is 12.8 Å². The zero-order valence-electron chi connectivity index (χ0n) is 11.6. The Kier molecular flexibility index (Phi) is 5.38. The molecule has 0 fully saturated rings. The van der Waals surface area contributed by atoms with Crippen molar-refractivity contribution in [3.05, 3.63) is 11.1 Å². The van der Waals surface area contributed by atoms with Crippen LogP contribution < -0.4 is 0 Å². The lowest BCUT2D eigenvalue weighted by molar-refractivity contribution is -0.143. The first kappa shape index (κ1) is 14.7. The highest BCUT2D eigenvalue weighted by Gasteiger charge is 2.34. The Morgan fingerprint density at radius 1 is 0.944 bits per heavy atom. The number of ether oxygens (including phenoxy) is 2. The summed E-state index contributed by atoms with van der Waals surface area (Å²) in [6, 6.07) is 0. The Morgan fingerprint density at radius 2 is 1.28 bits per heavy atom. The van der Waals surface area contributed by atoms with E-state index in [1.54, 1.807) is 13.8 Å². The van der Waals surface area contributed by atoms with Gasteiger partial charge in [0.2, 0.25) is 0 Å². The van der Waals surface area contributed by atoms with Crippen molar-refractivity contribution in [2.75, 3.05) is 13.2 Å². The van der Waals surface area contributed by atoms with E-state index in [2.05, 4.69) is 0 Å². The maximum absolute atomic E-state index is 12.0. The van der Waals surface area contributed by atoms with Gasteiger partial charge in [0.15, 0.2) is 0 Å². The molecule has 0 aromatic carbocycles. The molecule has 0 aromatic rings. The minimum atomic E-state index is -0.375. The van der Waals surface area contributed by atoms with Crippen LogP contribution in [0, 0.1) is 11.8 Å². The second-order valence-electron chi connectivity index (χ2n) is 4.65. The van der Waals surface area contributed by atoms with E-state index in [0.29, 0.717) is 24.4 Å². The highest BCUT2D eigenvalue weighted by Crippen LogP contribution is 2.35. The van der Waals surface area contributed by atoms with Gasteiger partial charge in [0, 0.05) is 0 Å². The summed E-state index contributed by atoms with van der Waals surface area (Å²) in [4.78, 5) is 24.0. The summed E-state index contributed by atoms with van der Waals surface area (Å²) >= 11 is 0. The van der Waals surface area contributed by atoms with Crippen LogP contribution in [0.3, 0.4) is 0 Å². The first-order valence-corrected chi connectivity index (χ1v) is 6.61. The summed E-state index contributed by atoms with van der Waals surface area (Å²) < 4.78 is 10.1. The van der Waals surface area contributed by atoms with Crippen LogP contribution in [0.2, 0.25) is 0 Å². The molecule has 1 rings (SSSR count). The monoisotopic (exact) mass is 254 g/mol. The molecule has 0 saturated heterocycles. The number of rotatable bonds is 4. The molecule has 0 radical (unpaired) electrons. The Labute approximate surface area is 108 Å². The molecule has 0 amide bonds. The quantitative estimate of drug-likeness (QED) is 0.723. The van der Waals surface area contributed by atoms with Gasteiger partial charge in [-0.2, -0.15) is 0 Å². The van der Waals surface area contributed by atoms with Crippen LogP contribution in [-0.4, -0.2) is 25.2 Å². The third-order valence-electron chi connectivity index (χ3n) is 3.30. The zero-order valence-corrected chi connectivity index (χ0v) is 11.6. The van der Waals surface area contributed by atoms with Crippen molar-refractivity contribution in [2.45, 2.75) is 40.5 Å². The van der Waals surface area contributed by atoms with Gasteiger partial charge in [0.1, 0.15) is 0 Å². The average Bonchev–Trinajstić information content (AvgIpc) is 2.32. The Hall–Kier alpha value is -1.32. The summed E-state index contributed by atoms with van der Waals surface area (Å²) in [5, 5.41) is 0. The van der Waals surface area contributed by atoms with Crippen LogP contribution >= 0.6 is 0 Å². The van der Waals surface area contributed by atoms with Gasteiger partial charge >= 0.3 is 11.9 Å². The second kappa shape index (κ2) is 6.57. The third-order valence-corrected chi connectivity index (χ3v) is 3.30. The van der Waals surface area contributed by atoms with Gasteiger partial charge in [0.05, 0.1) is 24.4 Å².